The lowest BCUT2D eigenvalue weighted by atomic mass is 10.0. The minimum atomic E-state index is -4.34. The molecule has 1 fully saturated rings. The van der Waals surface area contributed by atoms with Crippen molar-refractivity contribution in [3.8, 4) is 5.75 Å². The average Bonchev–Trinajstić information content (AvgIpc) is 3.06. The third-order valence-electron chi connectivity index (χ3n) is 3.19. The van der Waals surface area contributed by atoms with E-state index in [1.807, 2.05) is 0 Å². The summed E-state index contributed by atoms with van der Waals surface area (Å²) in [5, 5.41) is 0. The van der Waals surface area contributed by atoms with E-state index in [0.717, 1.165) is 12.5 Å². The zero-order chi connectivity index (χ0) is 12.6. The Balaban J connectivity index is 2.38. The molecule has 2 nitrogen and oxygen atoms in total. The van der Waals surface area contributed by atoms with Crippen LogP contribution in [-0.4, -0.2) is 13.7 Å². The van der Waals surface area contributed by atoms with E-state index < -0.39 is 11.7 Å². The van der Waals surface area contributed by atoms with Gasteiger partial charge in [-0.1, -0.05) is 6.07 Å². The normalized spacial score (nSPS) is 23.6. The summed E-state index contributed by atoms with van der Waals surface area (Å²) in [7, 11) is 1.36. The summed E-state index contributed by atoms with van der Waals surface area (Å²) in [5.74, 6) is 0.359. The first-order chi connectivity index (χ1) is 7.97. The number of hydrogen-bond acceptors (Lipinski definition) is 2. The topological polar surface area (TPSA) is 35.2 Å². The number of hydrogen-bond donors (Lipinski definition) is 1. The van der Waals surface area contributed by atoms with E-state index >= 15 is 0 Å². The van der Waals surface area contributed by atoms with Crippen LogP contribution in [-0.2, 0) is 6.18 Å². The number of nitrogens with two attached hydrogens (primary N) is 1. The van der Waals surface area contributed by atoms with E-state index in [1.54, 1.807) is 6.07 Å². The molecule has 0 bridgehead atoms. The van der Waals surface area contributed by atoms with E-state index in [0.29, 0.717) is 12.1 Å². The molecule has 1 aromatic carbocycles. The number of methoxy groups -OCH3 is 1. The van der Waals surface area contributed by atoms with Crippen molar-refractivity contribution < 1.29 is 17.9 Å². The van der Waals surface area contributed by atoms with Crippen molar-refractivity contribution in [1.82, 2.24) is 0 Å². The monoisotopic (exact) mass is 245 g/mol. The highest BCUT2D eigenvalue weighted by Gasteiger charge is 2.43. The third kappa shape index (κ3) is 2.39. The lowest BCUT2D eigenvalue weighted by Crippen LogP contribution is -2.10. The number of rotatable bonds is 3. The highest BCUT2D eigenvalue weighted by Crippen LogP contribution is 2.50. The van der Waals surface area contributed by atoms with Crippen molar-refractivity contribution >= 4 is 0 Å². The predicted molar refractivity (Wildman–Crippen MR) is 57.9 cm³/mol. The molecule has 0 aromatic heterocycles. The molecule has 94 valence electrons. The van der Waals surface area contributed by atoms with Crippen molar-refractivity contribution in [2.24, 2.45) is 11.7 Å². The van der Waals surface area contributed by atoms with E-state index in [1.165, 1.54) is 13.2 Å². The fourth-order valence-electron chi connectivity index (χ4n) is 2.12. The number of benzene rings is 1. The van der Waals surface area contributed by atoms with E-state index in [2.05, 4.69) is 0 Å². The highest BCUT2D eigenvalue weighted by molar-refractivity contribution is 5.42. The van der Waals surface area contributed by atoms with Gasteiger partial charge >= 0.3 is 6.18 Å². The number of ether oxygens (including phenoxy) is 1. The summed E-state index contributed by atoms with van der Waals surface area (Å²) < 4.78 is 43.5. The predicted octanol–water partition coefficient (Wildman–Crippen LogP) is 2.78. The van der Waals surface area contributed by atoms with Crippen LogP contribution in [0, 0.1) is 5.92 Å². The SMILES string of the molecule is COc1ccc([C@@H]2C[C@H]2CN)c(C(F)(F)F)c1. The van der Waals surface area contributed by atoms with Gasteiger partial charge in [0.05, 0.1) is 12.7 Å². The number of halogens is 3. The largest absolute Gasteiger partial charge is 0.497 e. The molecule has 0 unspecified atom stereocenters. The Morgan fingerprint density at radius 2 is 2.12 bits per heavy atom. The van der Waals surface area contributed by atoms with E-state index in [-0.39, 0.29) is 17.6 Å². The Bertz CT molecular complexity index is 417. The van der Waals surface area contributed by atoms with Gasteiger partial charge in [-0.25, -0.2) is 0 Å². The van der Waals surface area contributed by atoms with Crippen molar-refractivity contribution in [2.75, 3.05) is 13.7 Å². The highest BCUT2D eigenvalue weighted by atomic mass is 19.4. The van der Waals surface area contributed by atoms with Gasteiger partial charge in [-0.3, -0.25) is 0 Å². The van der Waals surface area contributed by atoms with Crippen LogP contribution in [0.1, 0.15) is 23.5 Å². The van der Waals surface area contributed by atoms with Crippen molar-refractivity contribution in [3.63, 3.8) is 0 Å². The molecule has 0 spiro atoms. The average molecular weight is 245 g/mol. The molecule has 2 N–H and O–H groups in total. The summed E-state index contributed by atoms with van der Waals surface area (Å²) in [6.45, 7) is 0.438. The van der Waals surface area contributed by atoms with Crippen LogP contribution in [0.15, 0.2) is 18.2 Å². The second-order valence-electron chi connectivity index (χ2n) is 4.29. The molecule has 5 heteroatoms. The Morgan fingerprint density at radius 1 is 1.41 bits per heavy atom. The molecule has 1 aromatic rings. The number of alkyl halides is 3. The summed E-state index contributed by atoms with van der Waals surface area (Å²) in [6.07, 6.45) is -3.60. The van der Waals surface area contributed by atoms with Crippen LogP contribution in [0.4, 0.5) is 13.2 Å². The maximum absolute atomic E-state index is 12.9. The second kappa shape index (κ2) is 4.22. The van der Waals surface area contributed by atoms with Crippen LogP contribution >= 0.6 is 0 Å². The first-order valence-electron chi connectivity index (χ1n) is 5.42. The van der Waals surface area contributed by atoms with Gasteiger partial charge in [0.2, 0.25) is 0 Å². The fourth-order valence-corrected chi connectivity index (χ4v) is 2.12. The quantitative estimate of drug-likeness (QED) is 0.888. The Labute approximate surface area is 97.6 Å². The first kappa shape index (κ1) is 12.2. The smallest absolute Gasteiger partial charge is 0.416 e. The zero-order valence-electron chi connectivity index (χ0n) is 9.42. The second-order valence-corrected chi connectivity index (χ2v) is 4.29. The van der Waals surface area contributed by atoms with Gasteiger partial charge in [0.25, 0.3) is 0 Å². The molecular weight excluding hydrogens is 231 g/mol. The van der Waals surface area contributed by atoms with Crippen molar-refractivity contribution in [3.05, 3.63) is 29.3 Å². The zero-order valence-corrected chi connectivity index (χ0v) is 9.42. The van der Waals surface area contributed by atoms with Gasteiger partial charge < -0.3 is 10.5 Å². The minimum absolute atomic E-state index is 0.0532. The van der Waals surface area contributed by atoms with Crippen molar-refractivity contribution in [2.45, 2.75) is 18.5 Å². The van der Waals surface area contributed by atoms with Gasteiger partial charge in [0, 0.05) is 0 Å². The molecule has 0 radical (unpaired) electrons. The molecule has 2 atom stereocenters. The summed E-state index contributed by atoms with van der Waals surface area (Å²) in [4.78, 5) is 0. The summed E-state index contributed by atoms with van der Waals surface area (Å²) in [5.41, 5.74) is 5.21. The van der Waals surface area contributed by atoms with Crippen LogP contribution in [0.5, 0.6) is 5.75 Å². The third-order valence-corrected chi connectivity index (χ3v) is 3.19. The first-order valence-corrected chi connectivity index (χ1v) is 5.42. The van der Waals surface area contributed by atoms with Gasteiger partial charge in [-0.15, -0.1) is 0 Å². The van der Waals surface area contributed by atoms with Crippen LogP contribution in [0.3, 0.4) is 0 Å². The Hall–Kier alpha value is -1.23. The fraction of sp³-hybridized carbons (Fsp3) is 0.500. The lowest BCUT2D eigenvalue weighted by Gasteiger charge is -2.14. The van der Waals surface area contributed by atoms with Crippen molar-refractivity contribution in [1.29, 1.82) is 0 Å². The molecule has 2 rings (SSSR count). The van der Waals surface area contributed by atoms with Crippen LogP contribution < -0.4 is 10.5 Å². The maximum Gasteiger partial charge on any atom is 0.416 e. The van der Waals surface area contributed by atoms with E-state index in [4.69, 9.17) is 10.5 Å². The summed E-state index contributed by atoms with van der Waals surface area (Å²) >= 11 is 0. The summed E-state index contributed by atoms with van der Waals surface area (Å²) in [6, 6.07) is 4.12. The minimum Gasteiger partial charge on any atom is -0.497 e. The molecular formula is C12H14F3NO. The van der Waals surface area contributed by atoms with E-state index in [9.17, 15) is 13.2 Å². The Morgan fingerprint density at radius 3 is 2.59 bits per heavy atom. The lowest BCUT2D eigenvalue weighted by molar-refractivity contribution is -0.138. The van der Waals surface area contributed by atoms with Gasteiger partial charge in [0.1, 0.15) is 5.75 Å². The molecule has 0 saturated heterocycles. The molecule has 17 heavy (non-hydrogen) atoms. The molecule has 0 heterocycles. The molecule has 1 saturated carbocycles. The Kier molecular flexibility index (Phi) is 3.03. The molecule has 0 amide bonds. The maximum atomic E-state index is 12.9. The standard InChI is InChI=1S/C12H14F3NO/c1-17-8-2-3-9(10-4-7(10)6-16)11(5-8)12(13,14)15/h2-3,5,7,10H,4,6,16H2,1H3/t7-,10+/m0/s1. The molecule has 1 aliphatic rings. The molecule has 0 aliphatic heterocycles. The van der Waals surface area contributed by atoms with Gasteiger partial charge in [0.15, 0.2) is 0 Å². The van der Waals surface area contributed by atoms with Gasteiger partial charge in [-0.05, 0) is 42.5 Å². The van der Waals surface area contributed by atoms with Crippen LogP contribution in [0.2, 0.25) is 0 Å². The van der Waals surface area contributed by atoms with Crippen LogP contribution in [0.25, 0.3) is 0 Å². The molecule has 1 aliphatic carbocycles. The van der Waals surface area contributed by atoms with Gasteiger partial charge in [-0.2, -0.15) is 13.2 Å².